The quantitative estimate of drug-likeness (QED) is 0.822. The van der Waals surface area contributed by atoms with E-state index in [0.29, 0.717) is 10.0 Å². The highest BCUT2D eigenvalue weighted by Crippen LogP contribution is 2.32. The number of nitrogens with zero attached hydrogens (tertiary/aromatic N) is 1. The van der Waals surface area contributed by atoms with Gasteiger partial charge in [0.25, 0.3) is 0 Å². The van der Waals surface area contributed by atoms with Gasteiger partial charge in [0.1, 0.15) is 4.88 Å². The minimum absolute atomic E-state index is 0.326. The largest absolute Gasteiger partial charge is 0.477 e. The van der Waals surface area contributed by atoms with Crippen LogP contribution in [0.15, 0.2) is 18.3 Å². The second kappa shape index (κ2) is 3.39. The van der Waals surface area contributed by atoms with Crippen LogP contribution in [0.25, 0.3) is 9.75 Å². The lowest BCUT2D eigenvalue weighted by molar-refractivity contribution is 0.0702. The van der Waals surface area contributed by atoms with Gasteiger partial charge in [0.2, 0.25) is 0 Å². The first-order valence-corrected chi connectivity index (χ1v) is 5.35. The summed E-state index contributed by atoms with van der Waals surface area (Å²) in [5.41, 5.74) is 5.48. The molecular weight excluding hydrogens is 220 g/mol. The van der Waals surface area contributed by atoms with Crippen molar-refractivity contribution in [3.05, 3.63) is 23.2 Å². The van der Waals surface area contributed by atoms with Crippen LogP contribution in [-0.4, -0.2) is 16.1 Å². The first-order chi connectivity index (χ1) is 6.66. The third-order valence-electron chi connectivity index (χ3n) is 1.58. The van der Waals surface area contributed by atoms with Crippen LogP contribution in [-0.2, 0) is 0 Å². The van der Waals surface area contributed by atoms with Gasteiger partial charge in [-0.25, -0.2) is 9.78 Å². The SMILES string of the molecule is Nc1ncc(-c2ccc(C(=O)O)s2)s1. The number of aromatic nitrogens is 1. The summed E-state index contributed by atoms with van der Waals surface area (Å²) in [5.74, 6) is -0.904. The van der Waals surface area contributed by atoms with E-state index in [1.54, 1.807) is 18.3 Å². The maximum Gasteiger partial charge on any atom is 0.345 e. The minimum atomic E-state index is -0.904. The Balaban J connectivity index is 2.38. The molecule has 6 heteroatoms. The van der Waals surface area contributed by atoms with Crippen molar-refractivity contribution in [1.29, 1.82) is 0 Å². The summed E-state index contributed by atoms with van der Waals surface area (Å²) >= 11 is 2.57. The van der Waals surface area contributed by atoms with E-state index in [-0.39, 0.29) is 0 Å². The van der Waals surface area contributed by atoms with Gasteiger partial charge in [0.05, 0.1) is 4.88 Å². The van der Waals surface area contributed by atoms with E-state index >= 15 is 0 Å². The summed E-state index contributed by atoms with van der Waals surface area (Å²) in [4.78, 5) is 16.6. The summed E-state index contributed by atoms with van der Waals surface area (Å²) < 4.78 is 0. The fourth-order valence-corrected chi connectivity index (χ4v) is 2.59. The molecule has 72 valence electrons. The van der Waals surface area contributed by atoms with Gasteiger partial charge in [-0.2, -0.15) is 0 Å². The van der Waals surface area contributed by atoms with Crippen LogP contribution in [0.4, 0.5) is 5.13 Å². The number of aromatic carboxylic acids is 1. The van der Waals surface area contributed by atoms with Crippen molar-refractivity contribution in [3.8, 4) is 9.75 Å². The number of rotatable bonds is 2. The van der Waals surface area contributed by atoms with Crippen LogP contribution in [0.5, 0.6) is 0 Å². The summed E-state index contributed by atoms with van der Waals surface area (Å²) in [7, 11) is 0. The number of thiophene rings is 1. The van der Waals surface area contributed by atoms with Crippen molar-refractivity contribution in [2.24, 2.45) is 0 Å². The molecule has 0 saturated carbocycles. The number of nitrogens with two attached hydrogens (primary N) is 1. The van der Waals surface area contributed by atoms with Gasteiger partial charge >= 0.3 is 5.97 Å². The highest BCUT2D eigenvalue weighted by molar-refractivity contribution is 7.24. The molecular formula is C8H6N2O2S2. The Morgan fingerprint density at radius 3 is 2.64 bits per heavy atom. The lowest BCUT2D eigenvalue weighted by atomic mass is 10.4. The van der Waals surface area contributed by atoms with E-state index in [4.69, 9.17) is 10.8 Å². The molecule has 2 aromatic rings. The summed E-state index contributed by atoms with van der Waals surface area (Å²) in [6.45, 7) is 0. The zero-order valence-corrected chi connectivity index (χ0v) is 8.56. The third-order valence-corrected chi connectivity index (χ3v) is 3.68. The molecule has 0 aliphatic heterocycles. The van der Waals surface area contributed by atoms with E-state index in [2.05, 4.69) is 4.98 Å². The van der Waals surface area contributed by atoms with Crippen LogP contribution in [0, 0.1) is 0 Å². The second-order valence-corrected chi connectivity index (χ2v) is 4.68. The molecule has 0 aliphatic carbocycles. The molecule has 0 atom stereocenters. The molecule has 0 aliphatic rings. The Hall–Kier alpha value is -1.40. The Labute approximate surface area is 87.6 Å². The van der Waals surface area contributed by atoms with Crippen LogP contribution >= 0.6 is 22.7 Å². The number of hydrogen-bond acceptors (Lipinski definition) is 5. The van der Waals surface area contributed by atoms with E-state index in [1.807, 2.05) is 0 Å². The first-order valence-electron chi connectivity index (χ1n) is 3.71. The topological polar surface area (TPSA) is 76.2 Å². The number of carboxylic acid groups (broad SMARTS) is 1. The maximum atomic E-state index is 10.6. The Morgan fingerprint density at radius 1 is 1.36 bits per heavy atom. The lowest BCUT2D eigenvalue weighted by Gasteiger charge is -1.86. The average molecular weight is 226 g/mol. The van der Waals surface area contributed by atoms with Gasteiger partial charge in [-0.3, -0.25) is 0 Å². The zero-order chi connectivity index (χ0) is 10.1. The van der Waals surface area contributed by atoms with E-state index in [0.717, 1.165) is 9.75 Å². The van der Waals surface area contributed by atoms with Crippen molar-refractivity contribution < 1.29 is 9.90 Å². The van der Waals surface area contributed by atoms with E-state index in [9.17, 15) is 4.79 Å². The molecule has 0 unspecified atom stereocenters. The van der Waals surface area contributed by atoms with Crippen LogP contribution in [0.1, 0.15) is 9.67 Å². The Morgan fingerprint density at radius 2 is 2.14 bits per heavy atom. The molecule has 0 fully saturated rings. The molecule has 4 nitrogen and oxygen atoms in total. The fraction of sp³-hybridized carbons (Fsp3) is 0. The number of nitrogen functional groups attached to an aromatic ring is 1. The van der Waals surface area contributed by atoms with Crippen LogP contribution in [0.2, 0.25) is 0 Å². The number of carboxylic acids is 1. The predicted molar refractivity (Wildman–Crippen MR) is 56.8 cm³/mol. The molecule has 2 heterocycles. The van der Waals surface area contributed by atoms with Gasteiger partial charge in [-0.05, 0) is 12.1 Å². The molecule has 0 bridgehead atoms. The molecule has 2 rings (SSSR count). The molecule has 3 N–H and O–H groups in total. The number of thiazole rings is 1. The summed E-state index contributed by atoms with van der Waals surface area (Å²) in [6, 6.07) is 3.35. The van der Waals surface area contributed by atoms with Crippen LogP contribution in [0.3, 0.4) is 0 Å². The number of anilines is 1. The van der Waals surface area contributed by atoms with E-state index < -0.39 is 5.97 Å². The van der Waals surface area contributed by atoms with Gasteiger partial charge < -0.3 is 10.8 Å². The summed E-state index contributed by atoms with van der Waals surface area (Å²) in [5, 5.41) is 9.21. The molecule has 2 aromatic heterocycles. The molecule has 14 heavy (non-hydrogen) atoms. The normalized spacial score (nSPS) is 10.3. The standard InChI is InChI=1S/C8H6N2O2S2/c9-8-10-3-6(14-8)4-1-2-5(13-4)7(11)12/h1-3H,(H2,9,10)(H,11,12). The maximum absolute atomic E-state index is 10.6. The lowest BCUT2D eigenvalue weighted by Crippen LogP contribution is -1.89. The van der Waals surface area contributed by atoms with Crippen molar-refractivity contribution in [1.82, 2.24) is 4.98 Å². The molecule has 0 aromatic carbocycles. The van der Waals surface area contributed by atoms with Gasteiger partial charge in [-0.15, -0.1) is 11.3 Å². The Bertz CT molecular complexity index is 475. The molecule has 0 radical (unpaired) electrons. The molecule has 0 saturated heterocycles. The third kappa shape index (κ3) is 1.61. The van der Waals surface area contributed by atoms with Crippen LogP contribution < -0.4 is 5.73 Å². The van der Waals surface area contributed by atoms with Gasteiger partial charge in [-0.1, -0.05) is 11.3 Å². The van der Waals surface area contributed by atoms with E-state index in [1.165, 1.54) is 22.7 Å². The fourth-order valence-electron chi connectivity index (χ4n) is 0.987. The van der Waals surface area contributed by atoms with Crippen molar-refractivity contribution in [2.45, 2.75) is 0 Å². The second-order valence-electron chi connectivity index (χ2n) is 2.53. The van der Waals surface area contributed by atoms with Gasteiger partial charge in [0, 0.05) is 11.1 Å². The first kappa shape index (κ1) is 9.17. The smallest absolute Gasteiger partial charge is 0.345 e. The average Bonchev–Trinajstić information content (AvgIpc) is 2.70. The van der Waals surface area contributed by atoms with Crippen molar-refractivity contribution >= 4 is 33.8 Å². The highest BCUT2D eigenvalue weighted by Gasteiger charge is 2.09. The monoisotopic (exact) mass is 226 g/mol. The van der Waals surface area contributed by atoms with Crippen molar-refractivity contribution in [3.63, 3.8) is 0 Å². The Kier molecular flexibility index (Phi) is 2.22. The molecule has 0 amide bonds. The zero-order valence-electron chi connectivity index (χ0n) is 6.93. The van der Waals surface area contributed by atoms with Gasteiger partial charge in [0.15, 0.2) is 5.13 Å². The molecule has 0 spiro atoms. The minimum Gasteiger partial charge on any atom is -0.477 e. The summed E-state index contributed by atoms with van der Waals surface area (Å²) in [6.07, 6.45) is 1.65. The predicted octanol–water partition coefficient (Wildman–Crippen LogP) is 2.15. The number of hydrogen-bond donors (Lipinski definition) is 2. The highest BCUT2D eigenvalue weighted by atomic mass is 32.1. The number of carbonyl (C=O) groups is 1. The van der Waals surface area contributed by atoms with Crippen molar-refractivity contribution in [2.75, 3.05) is 5.73 Å².